The van der Waals surface area contributed by atoms with Crippen LogP contribution in [0.3, 0.4) is 0 Å². The highest BCUT2D eigenvalue weighted by atomic mass is 35.5. The van der Waals surface area contributed by atoms with E-state index in [9.17, 15) is 0 Å². The van der Waals surface area contributed by atoms with Gasteiger partial charge in [0.05, 0.1) is 19.6 Å². The molecule has 2 nitrogen and oxygen atoms in total. The Hall–Kier alpha value is -1.19. The van der Waals surface area contributed by atoms with Gasteiger partial charge in [-0.25, -0.2) is 0 Å². The van der Waals surface area contributed by atoms with Crippen molar-refractivity contribution in [3.8, 4) is 11.5 Å². The minimum absolute atomic E-state index is 0.190. The first-order valence-electron chi connectivity index (χ1n) is 5.58. The molecule has 18 heavy (non-hydrogen) atoms. The van der Waals surface area contributed by atoms with Crippen molar-refractivity contribution in [1.82, 2.24) is 0 Å². The highest BCUT2D eigenvalue weighted by Crippen LogP contribution is 2.39. The molecule has 0 aliphatic carbocycles. The molecule has 0 aliphatic heterocycles. The summed E-state index contributed by atoms with van der Waals surface area (Å²) < 4.78 is 10.6. The number of thiophene rings is 1. The molecule has 1 aromatic heterocycles. The lowest BCUT2D eigenvalue weighted by Crippen LogP contribution is -1.96. The number of halogens is 1. The molecule has 1 heterocycles. The van der Waals surface area contributed by atoms with E-state index in [-0.39, 0.29) is 5.38 Å². The van der Waals surface area contributed by atoms with Gasteiger partial charge in [0.2, 0.25) is 0 Å². The Labute approximate surface area is 116 Å². The van der Waals surface area contributed by atoms with E-state index in [1.54, 1.807) is 25.6 Å². The fourth-order valence-electron chi connectivity index (χ4n) is 1.77. The van der Waals surface area contributed by atoms with Crippen molar-refractivity contribution in [2.24, 2.45) is 0 Å². The van der Waals surface area contributed by atoms with Crippen LogP contribution in [0.1, 0.15) is 20.7 Å². The highest BCUT2D eigenvalue weighted by Gasteiger charge is 2.17. The monoisotopic (exact) mass is 282 g/mol. The summed E-state index contributed by atoms with van der Waals surface area (Å²) in [6.45, 7) is 2.07. The Morgan fingerprint density at radius 3 is 2.44 bits per heavy atom. The van der Waals surface area contributed by atoms with Gasteiger partial charge < -0.3 is 9.47 Å². The van der Waals surface area contributed by atoms with E-state index in [1.165, 1.54) is 4.88 Å². The number of aryl methyl sites for hydroxylation is 1. The van der Waals surface area contributed by atoms with Crippen molar-refractivity contribution >= 4 is 22.9 Å². The van der Waals surface area contributed by atoms with Crippen LogP contribution < -0.4 is 9.47 Å². The van der Waals surface area contributed by atoms with Gasteiger partial charge >= 0.3 is 0 Å². The molecular formula is C14H15ClO2S. The van der Waals surface area contributed by atoms with E-state index >= 15 is 0 Å². The molecule has 2 aromatic rings. The van der Waals surface area contributed by atoms with E-state index in [0.717, 1.165) is 21.9 Å². The molecule has 0 bridgehead atoms. The lowest BCUT2D eigenvalue weighted by molar-refractivity contribution is 0.391. The molecule has 0 radical (unpaired) electrons. The van der Waals surface area contributed by atoms with E-state index in [2.05, 4.69) is 19.1 Å². The summed E-state index contributed by atoms with van der Waals surface area (Å²) in [5, 5.41) is -0.190. The van der Waals surface area contributed by atoms with E-state index in [1.807, 2.05) is 18.2 Å². The maximum Gasteiger partial charge on any atom is 0.127 e. The second-order valence-electron chi connectivity index (χ2n) is 3.92. The summed E-state index contributed by atoms with van der Waals surface area (Å²) in [5.74, 6) is 1.52. The van der Waals surface area contributed by atoms with Crippen LogP contribution >= 0.6 is 22.9 Å². The largest absolute Gasteiger partial charge is 0.497 e. The van der Waals surface area contributed by atoms with Gasteiger partial charge in [-0.2, -0.15) is 0 Å². The smallest absolute Gasteiger partial charge is 0.127 e. The van der Waals surface area contributed by atoms with Crippen LogP contribution in [-0.4, -0.2) is 14.2 Å². The molecule has 1 atom stereocenters. The maximum absolute atomic E-state index is 6.51. The standard InChI is InChI=1S/C14H15ClO2S/c1-9-4-7-13(18-9)14(15)11-6-5-10(16-2)8-12(11)17-3/h4-8,14H,1-3H3. The Morgan fingerprint density at radius 2 is 1.89 bits per heavy atom. The Balaban J connectivity index is 2.38. The normalized spacial score (nSPS) is 12.2. The predicted molar refractivity (Wildman–Crippen MR) is 76.3 cm³/mol. The topological polar surface area (TPSA) is 18.5 Å². The first kappa shape index (κ1) is 13.2. The van der Waals surface area contributed by atoms with Crippen molar-refractivity contribution in [3.05, 3.63) is 45.6 Å². The third-order valence-corrected chi connectivity index (χ3v) is 4.39. The number of rotatable bonds is 4. The summed E-state index contributed by atoms with van der Waals surface area (Å²) in [6.07, 6.45) is 0. The number of benzene rings is 1. The fraction of sp³-hybridized carbons (Fsp3) is 0.286. The molecule has 0 saturated carbocycles. The van der Waals surface area contributed by atoms with Crippen molar-refractivity contribution < 1.29 is 9.47 Å². The first-order chi connectivity index (χ1) is 8.65. The molecule has 0 spiro atoms. The summed E-state index contributed by atoms with van der Waals surface area (Å²) >= 11 is 8.22. The second kappa shape index (κ2) is 5.63. The average Bonchev–Trinajstić information content (AvgIpc) is 2.83. The van der Waals surface area contributed by atoms with Crippen LogP contribution in [0.2, 0.25) is 0 Å². The Bertz CT molecular complexity index is 536. The fourth-order valence-corrected chi connectivity index (χ4v) is 3.03. The molecule has 96 valence electrons. The van der Waals surface area contributed by atoms with Gasteiger partial charge in [-0.3, -0.25) is 0 Å². The number of hydrogen-bond acceptors (Lipinski definition) is 3. The van der Waals surface area contributed by atoms with Crippen LogP contribution in [0.4, 0.5) is 0 Å². The molecule has 0 saturated heterocycles. The van der Waals surface area contributed by atoms with Crippen LogP contribution in [0, 0.1) is 6.92 Å². The van der Waals surface area contributed by atoms with Gasteiger partial charge in [0.1, 0.15) is 11.5 Å². The Kier molecular flexibility index (Phi) is 4.15. The maximum atomic E-state index is 6.51. The van der Waals surface area contributed by atoms with Gasteiger partial charge in [-0.15, -0.1) is 22.9 Å². The van der Waals surface area contributed by atoms with Crippen LogP contribution in [-0.2, 0) is 0 Å². The summed E-state index contributed by atoms with van der Waals surface area (Å²) in [7, 11) is 3.27. The van der Waals surface area contributed by atoms with Crippen LogP contribution in [0.25, 0.3) is 0 Å². The summed E-state index contributed by atoms with van der Waals surface area (Å²) in [4.78, 5) is 2.38. The lowest BCUT2D eigenvalue weighted by Gasteiger charge is -2.14. The summed E-state index contributed by atoms with van der Waals surface area (Å²) in [5.41, 5.74) is 0.960. The highest BCUT2D eigenvalue weighted by molar-refractivity contribution is 7.12. The summed E-state index contributed by atoms with van der Waals surface area (Å²) in [6, 6.07) is 9.83. The zero-order valence-corrected chi connectivity index (χ0v) is 12.1. The molecule has 1 unspecified atom stereocenters. The molecule has 1 aromatic carbocycles. The number of hydrogen-bond donors (Lipinski definition) is 0. The third-order valence-electron chi connectivity index (χ3n) is 2.72. The van der Waals surface area contributed by atoms with Gasteiger partial charge in [0.25, 0.3) is 0 Å². The van der Waals surface area contributed by atoms with E-state index < -0.39 is 0 Å². The Morgan fingerprint density at radius 1 is 1.11 bits per heavy atom. The second-order valence-corrected chi connectivity index (χ2v) is 5.67. The molecule has 0 aliphatic rings. The van der Waals surface area contributed by atoms with Gasteiger partial charge in [0, 0.05) is 21.4 Å². The van der Waals surface area contributed by atoms with Crippen molar-refractivity contribution in [2.45, 2.75) is 12.3 Å². The van der Waals surface area contributed by atoms with Gasteiger partial charge in [-0.05, 0) is 31.2 Å². The zero-order valence-electron chi connectivity index (χ0n) is 10.6. The molecule has 0 amide bonds. The zero-order chi connectivity index (χ0) is 13.1. The quantitative estimate of drug-likeness (QED) is 0.774. The number of alkyl halides is 1. The minimum Gasteiger partial charge on any atom is -0.497 e. The predicted octanol–water partition coefficient (Wildman–Crippen LogP) is 4.40. The lowest BCUT2D eigenvalue weighted by atomic mass is 10.1. The molecule has 0 fully saturated rings. The third kappa shape index (κ3) is 2.62. The van der Waals surface area contributed by atoms with Crippen LogP contribution in [0.15, 0.2) is 30.3 Å². The molecular weight excluding hydrogens is 268 g/mol. The van der Waals surface area contributed by atoms with E-state index in [0.29, 0.717) is 0 Å². The van der Waals surface area contributed by atoms with E-state index in [4.69, 9.17) is 21.1 Å². The molecule has 4 heteroatoms. The molecule has 2 rings (SSSR count). The first-order valence-corrected chi connectivity index (χ1v) is 6.83. The number of ether oxygens (including phenoxy) is 2. The van der Waals surface area contributed by atoms with Gasteiger partial charge in [-0.1, -0.05) is 0 Å². The average molecular weight is 283 g/mol. The minimum atomic E-state index is -0.190. The van der Waals surface area contributed by atoms with Gasteiger partial charge in [0.15, 0.2) is 0 Å². The van der Waals surface area contributed by atoms with Crippen LogP contribution in [0.5, 0.6) is 11.5 Å². The number of methoxy groups -OCH3 is 2. The molecule has 0 N–H and O–H groups in total. The van der Waals surface area contributed by atoms with Crippen molar-refractivity contribution in [3.63, 3.8) is 0 Å². The van der Waals surface area contributed by atoms with Crippen molar-refractivity contribution in [2.75, 3.05) is 14.2 Å². The SMILES string of the molecule is COc1ccc(C(Cl)c2ccc(C)s2)c(OC)c1. The van der Waals surface area contributed by atoms with Crippen molar-refractivity contribution in [1.29, 1.82) is 0 Å².